The van der Waals surface area contributed by atoms with Gasteiger partial charge in [-0.3, -0.25) is 0 Å². The van der Waals surface area contributed by atoms with Crippen molar-refractivity contribution in [2.45, 2.75) is 0 Å². The summed E-state index contributed by atoms with van der Waals surface area (Å²) >= 11 is 0. The zero-order valence-electron chi connectivity index (χ0n) is 2.52. The van der Waals surface area contributed by atoms with Crippen LogP contribution in [0, 0.1) is 0 Å². The van der Waals surface area contributed by atoms with Gasteiger partial charge in [-0.15, -0.1) is 0 Å². The quantitative estimate of drug-likeness (QED) is 0.388. The lowest BCUT2D eigenvalue weighted by atomic mass is 11.2. The van der Waals surface area contributed by atoms with Crippen molar-refractivity contribution in [2.24, 2.45) is 0 Å². The molecule has 0 saturated carbocycles. The van der Waals surface area contributed by atoms with Crippen LogP contribution in [0.2, 0.25) is 0 Å². The highest BCUT2D eigenvalue weighted by Gasteiger charge is 1.27. The molecule has 28 valence electrons. The maximum atomic E-state index is 8.62. The first-order chi connectivity index (χ1) is 1.91. The second kappa shape index (κ2) is 11.2. The topological polar surface area (TPSA) is 69.1 Å². The molecule has 0 heterocycles. The Bertz CT molecular complexity index is 57.7. The van der Waals surface area contributed by atoms with Crippen LogP contribution in [0.5, 0.6) is 0 Å². The van der Waals surface area contributed by atoms with Crippen LogP contribution in [0.15, 0.2) is 0 Å². The van der Waals surface area contributed by atoms with E-state index in [4.69, 9.17) is 9.59 Å². The van der Waals surface area contributed by atoms with Crippen LogP contribution in [-0.2, 0) is 9.59 Å². The molecule has 0 radical (unpaired) electrons. The fraction of sp³-hybridized carbons (Fsp3) is 0. The van der Waals surface area contributed by atoms with E-state index in [0.29, 0.717) is 0 Å². The second-order valence-corrected chi connectivity index (χ2v) is 0.204. The van der Waals surface area contributed by atoms with Crippen LogP contribution in [0.25, 0.3) is 0 Å². The summed E-state index contributed by atoms with van der Waals surface area (Å²) in [6.07, 6.45) is 0. The Balaban J connectivity index is 0. The van der Waals surface area contributed by atoms with E-state index in [1.54, 1.807) is 0 Å². The lowest BCUT2D eigenvalue weighted by molar-refractivity contribution is 0.552. The SMILES string of the molecule is N.O=C=C=O. The molecule has 3 nitrogen and oxygen atoms in total. The van der Waals surface area contributed by atoms with Gasteiger partial charge in [-0.05, 0) is 0 Å². The van der Waals surface area contributed by atoms with E-state index in [1.165, 1.54) is 0 Å². The Morgan fingerprint density at radius 2 is 1.20 bits per heavy atom. The summed E-state index contributed by atoms with van der Waals surface area (Å²) in [6.45, 7) is 0. The van der Waals surface area contributed by atoms with Crippen molar-refractivity contribution in [1.29, 1.82) is 0 Å². The molecule has 0 fully saturated rings. The summed E-state index contributed by atoms with van der Waals surface area (Å²) in [5.74, 6) is 1.75. The van der Waals surface area contributed by atoms with Crippen LogP contribution in [0.3, 0.4) is 0 Å². The van der Waals surface area contributed by atoms with Crippen LogP contribution >= 0.6 is 0 Å². The van der Waals surface area contributed by atoms with Gasteiger partial charge in [-0.25, -0.2) is 9.59 Å². The van der Waals surface area contributed by atoms with E-state index in [-0.39, 0.29) is 6.15 Å². The van der Waals surface area contributed by atoms with Crippen LogP contribution in [-0.4, -0.2) is 11.9 Å². The molecule has 3 N–H and O–H groups in total. The maximum absolute atomic E-state index is 8.62. The number of rotatable bonds is 0. The Hall–Kier alpha value is -0.880. The number of carbonyl (C=O) groups excluding carboxylic acids is 2. The molecule has 3 heteroatoms. The Morgan fingerprint density at radius 3 is 1.20 bits per heavy atom. The summed E-state index contributed by atoms with van der Waals surface area (Å²) in [6, 6.07) is 0. The summed E-state index contributed by atoms with van der Waals surface area (Å²) in [5.41, 5.74) is 0. The Kier molecular flexibility index (Phi) is 20.0. The van der Waals surface area contributed by atoms with Gasteiger partial charge in [-0.2, -0.15) is 0 Å². The standard InChI is InChI=1S/C2O2.H3N/c3-1-2-4;/h;1H3. The molecule has 0 aliphatic carbocycles. The summed E-state index contributed by atoms with van der Waals surface area (Å²) in [7, 11) is 0. The highest BCUT2D eigenvalue weighted by molar-refractivity contribution is 5.81. The molecular weight excluding hydrogens is 70.0 g/mol. The molecule has 0 unspecified atom stereocenters. The van der Waals surface area contributed by atoms with E-state index < -0.39 is 0 Å². The fourth-order valence-electron chi connectivity index (χ4n) is 0. The minimum absolute atomic E-state index is 0. The highest BCUT2D eigenvalue weighted by Crippen LogP contribution is 0.915. The largest absolute Gasteiger partial charge is 0.344 e. The third-order valence-corrected chi connectivity index (χ3v) is 0.0417. The summed E-state index contributed by atoms with van der Waals surface area (Å²) in [4.78, 5) is 17.2. The molecule has 0 atom stereocenters. The highest BCUT2D eigenvalue weighted by atomic mass is 16.1. The molecule has 0 aliphatic rings. The number of hydrogen-bond donors (Lipinski definition) is 1. The monoisotopic (exact) mass is 73.0 g/mol. The first kappa shape index (κ1) is 8.92. The molecule has 0 saturated heterocycles. The smallest absolute Gasteiger partial charge is 0.221 e. The summed E-state index contributed by atoms with van der Waals surface area (Å²) < 4.78 is 0. The van der Waals surface area contributed by atoms with Crippen molar-refractivity contribution in [3.63, 3.8) is 0 Å². The first-order valence-electron chi connectivity index (χ1n) is 0.658. The minimum atomic E-state index is 0. The molecular formula is C2H3NO2. The third kappa shape index (κ3) is 272. The molecule has 5 heavy (non-hydrogen) atoms. The van der Waals surface area contributed by atoms with E-state index in [1.807, 2.05) is 0 Å². The average Bonchev–Trinajstić information content (AvgIpc) is 1.37. The molecule has 0 aromatic carbocycles. The van der Waals surface area contributed by atoms with E-state index in [9.17, 15) is 0 Å². The van der Waals surface area contributed by atoms with Gasteiger partial charge in [0, 0.05) is 0 Å². The molecule has 0 spiro atoms. The second-order valence-electron chi connectivity index (χ2n) is 0.204. The lowest BCUT2D eigenvalue weighted by Crippen LogP contribution is -1.38. The lowest BCUT2D eigenvalue weighted by Gasteiger charge is -1.07. The van der Waals surface area contributed by atoms with Gasteiger partial charge in [-0.1, -0.05) is 0 Å². The normalized spacial score (nSPS) is 2.40. The van der Waals surface area contributed by atoms with E-state index >= 15 is 0 Å². The zero-order chi connectivity index (χ0) is 3.41. The third-order valence-electron chi connectivity index (χ3n) is 0.0417. The van der Waals surface area contributed by atoms with Gasteiger partial charge in [0.05, 0.1) is 0 Å². The van der Waals surface area contributed by atoms with Crippen molar-refractivity contribution in [3.05, 3.63) is 0 Å². The molecule has 0 aliphatic heterocycles. The molecule has 0 amide bonds. The summed E-state index contributed by atoms with van der Waals surface area (Å²) in [5, 5.41) is 0. The van der Waals surface area contributed by atoms with Gasteiger partial charge in [0.15, 0.2) is 0 Å². The molecule has 0 aromatic heterocycles. The van der Waals surface area contributed by atoms with Crippen LogP contribution in [0.1, 0.15) is 0 Å². The molecule has 0 aromatic rings. The van der Waals surface area contributed by atoms with Crippen molar-refractivity contribution in [3.8, 4) is 0 Å². The zero-order valence-corrected chi connectivity index (χ0v) is 2.52. The van der Waals surface area contributed by atoms with Crippen LogP contribution in [0.4, 0.5) is 0 Å². The molecule has 0 rings (SSSR count). The predicted molar refractivity (Wildman–Crippen MR) is 16.4 cm³/mol. The fourth-order valence-corrected chi connectivity index (χ4v) is 0. The maximum Gasteiger partial charge on any atom is 0.221 e. The Labute approximate surface area is 28.9 Å². The van der Waals surface area contributed by atoms with E-state index in [0.717, 1.165) is 11.9 Å². The number of hydrogen-bond acceptors (Lipinski definition) is 3. The Morgan fingerprint density at radius 1 is 1.00 bits per heavy atom. The molecule has 0 bridgehead atoms. The van der Waals surface area contributed by atoms with E-state index in [2.05, 4.69) is 0 Å². The van der Waals surface area contributed by atoms with Crippen molar-refractivity contribution in [1.82, 2.24) is 6.15 Å². The van der Waals surface area contributed by atoms with Crippen molar-refractivity contribution in [2.75, 3.05) is 0 Å². The first-order valence-corrected chi connectivity index (χ1v) is 0.658. The minimum Gasteiger partial charge on any atom is -0.344 e. The van der Waals surface area contributed by atoms with Gasteiger partial charge < -0.3 is 6.15 Å². The van der Waals surface area contributed by atoms with Gasteiger partial charge in [0.25, 0.3) is 0 Å². The predicted octanol–water partition coefficient (Wildman–Crippen LogP) is -0.632. The average molecular weight is 73.1 g/mol. The van der Waals surface area contributed by atoms with Gasteiger partial charge >= 0.3 is 0 Å². The van der Waals surface area contributed by atoms with Gasteiger partial charge in [0.1, 0.15) is 0 Å². The van der Waals surface area contributed by atoms with Crippen molar-refractivity contribution < 1.29 is 9.59 Å². The van der Waals surface area contributed by atoms with Crippen molar-refractivity contribution >= 4 is 11.9 Å². The van der Waals surface area contributed by atoms with Crippen LogP contribution < -0.4 is 6.15 Å². The van der Waals surface area contributed by atoms with Gasteiger partial charge in [0.2, 0.25) is 11.9 Å².